The molecule has 0 radical (unpaired) electrons. The second kappa shape index (κ2) is 6.54. The van der Waals surface area contributed by atoms with Crippen molar-refractivity contribution in [3.8, 4) is 11.4 Å². The van der Waals surface area contributed by atoms with Crippen LogP contribution in [0.1, 0.15) is 17.6 Å². The molecule has 1 aliphatic rings. The van der Waals surface area contributed by atoms with E-state index in [1.807, 2.05) is 24.3 Å². The van der Waals surface area contributed by atoms with Crippen molar-refractivity contribution in [3.05, 3.63) is 54.6 Å². The number of aromatic nitrogens is 3. The van der Waals surface area contributed by atoms with Gasteiger partial charge in [-0.2, -0.15) is 4.98 Å². The summed E-state index contributed by atoms with van der Waals surface area (Å²) in [5, 5.41) is 13.8. The zero-order valence-corrected chi connectivity index (χ0v) is 13.1. The van der Waals surface area contributed by atoms with Gasteiger partial charge in [-0.3, -0.25) is 9.88 Å². The van der Waals surface area contributed by atoms with Crippen LogP contribution in [-0.2, 0) is 6.54 Å². The van der Waals surface area contributed by atoms with Crippen molar-refractivity contribution < 1.29 is 14.0 Å². The fourth-order valence-corrected chi connectivity index (χ4v) is 3.18. The van der Waals surface area contributed by atoms with Crippen LogP contribution in [0.15, 0.2) is 51.9 Å². The fraction of sp³-hybridized carbons (Fsp3) is 0.353. The molecule has 3 aromatic rings. The lowest BCUT2D eigenvalue weighted by Crippen LogP contribution is -2.20. The van der Waals surface area contributed by atoms with Gasteiger partial charge in [-0.1, -0.05) is 5.16 Å². The van der Waals surface area contributed by atoms with Crippen LogP contribution in [0.2, 0.25) is 0 Å². The van der Waals surface area contributed by atoms with E-state index >= 15 is 0 Å². The normalized spacial score (nSPS) is 21.4. The van der Waals surface area contributed by atoms with E-state index in [9.17, 15) is 5.11 Å². The predicted octanol–water partition coefficient (Wildman–Crippen LogP) is 1.93. The zero-order valence-electron chi connectivity index (χ0n) is 13.1. The van der Waals surface area contributed by atoms with Gasteiger partial charge in [0.25, 0.3) is 0 Å². The van der Waals surface area contributed by atoms with Gasteiger partial charge >= 0.3 is 0 Å². The molecule has 0 aliphatic carbocycles. The van der Waals surface area contributed by atoms with Crippen LogP contribution in [0.3, 0.4) is 0 Å². The molecule has 0 unspecified atom stereocenters. The first-order valence-electron chi connectivity index (χ1n) is 7.93. The van der Waals surface area contributed by atoms with Crippen molar-refractivity contribution in [2.45, 2.75) is 12.5 Å². The Kier molecular flexibility index (Phi) is 4.10. The maximum Gasteiger partial charge on any atom is 0.231 e. The minimum absolute atomic E-state index is 0.0213. The Balaban J connectivity index is 1.51. The molecule has 1 aliphatic heterocycles. The number of aliphatic hydroxyl groups excluding tert-OH is 1. The number of furan rings is 1. The molecule has 0 bridgehead atoms. The second-order valence-electron chi connectivity index (χ2n) is 6.01. The first-order valence-corrected chi connectivity index (χ1v) is 7.93. The Morgan fingerprint density at radius 3 is 2.83 bits per heavy atom. The van der Waals surface area contributed by atoms with Crippen molar-refractivity contribution in [2.75, 3.05) is 19.7 Å². The number of pyridine rings is 1. The molecule has 1 fully saturated rings. The van der Waals surface area contributed by atoms with Gasteiger partial charge < -0.3 is 14.0 Å². The van der Waals surface area contributed by atoms with Gasteiger partial charge in [0.1, 0.15) is 5.76 Å². The quantitative estimate of drug-likeness (QED) is 0.766. The summed E-state index contributed by atoms with van der Waals surface area (Å²) in [6.45, 7) is 2.33. The van der Waals surface area contributed by atoms with E-state index in [1.165, 1.54) is 0 Å². The minimum Gasteiger partial charge on any atom is -0.468 e. The first-order chi connectivity index (χ1) is 11.8. The monoisotopic (exact) mass is 326 g/mol. The van der Waals surface area contributed by atoms with E-state index in [0.29, 0.717) is 18.3 Å². The van der Waals surface area contributed by atoms with Crippen molar-refractivity contribution >= 4 is 0 Å². The van der Waals surface area contributed by atoms with Gasteiger partial charge in [-0.25, -0.2) is 0 Å². The minimum atomic E-state index is 0.0213. The predicted molar refractivity (Wildman–Crippen MR) is 84.8 cm³/mol. The average molecular weight is 326 g/mol. The van der Waals surface area contributed by atoms with Crippen LogP contribution >= 0.6 is 0 Å². The van der Waals surface area contributed by atoms with E-state index in [0.717, 1.165) is 24.4 Å². The maximum absolute atomic E-state index is 9.72. The number of aliphatic hydroxyl groups is 1. The van der Waals surface area contributed by atoms with Crippen LogP contribution in [0.25, 0.3) is 11.4 Å². The molecule has 1 saturated heterocycles. The van der Waals surface area contributed by atoms with Crippen LogP contribution in [0.4, 0.5) is 0 Å². The Bertz CT molecular complexity index is 772. The van der Waals surface area contributed by atoms with Crippen LogP contribution < -0.4 is 0 Å². The van der Waals surface area contributed by atoms with Gasteiger partial charge in [0.05, 0.1) is 18.7 Å². The summed E-state index contributed by atoms with van der Waals surface area (Å²) in [4.78, 5) is 10.8. The van der Waals surface area contributed by atoms with E-state index in [2.05, 4.69) is 20.0 Å². The van der Waals surface area contributed by atoms with Crippen LogP contribution in [-0.4, -0.2) is 44.8 Å². The third-order valence-corrected chi connectivity index (χ3v) is 4.41. The lowest BCUT2D eigenvalue weighted by atomic mass is 9.97. The molecule has 24 heavy (non-hydrogen) atoms. The van der Waals surface area contributed by atoms with Crippen molar-refractivity contribution in [2.24, 2.45) is 5.92 Å². The number of rotatable bonds is 5. The molecule has 0 amide bonds. The highest BCUT2D eigenvalue weighted by Crippen LogP contribution is 2.33. The Labute approximate surface area is 138 Å². The number of hydrogen-bond acceptors (Lipinski definition) is 7. The SMILES string of the molecule is OC[C@@H]1CN(Cc2ccco2)C[C@H]1c1nc(-c2ccncc2)no1. The molecule has 4 heterocycles. The highest BCUT2D eigenvalue weighted by Gasteiger charge is 2.37. The highest BCUT2D eigenvalue weighted by atomic mass is 16.5. The van der Waals surface area contributed by atoms with Crippen LogP contribution in [0, 0.1) is 5.92 Å². The third-order valence-electron chi connectivity index (χ3n) is 4.41. The van der Waals surface area contributed by atoms with E-state index in [-0.39, 0.29) is 18.4 Å². The van der Waals surface area contributed by atoms with E-state index < -0.39 is 0 Å². The largest absolute Gasteiger partial charge is 0.468 e. The molecule has 2 atom stereocenters. The molecule has 7 nitrogen and oxygen atoms in total. The Morgan fingerprint density at radius 1 is 1.21 bits per heavy atom. The van der Waals surface area contributed by atoms with Crippen molar-refractivity contribution in [3.63, 3.8) is 0 Å². The maximum atomic E-state index is 9.72. The summed E-state index contributed by atoms with van der Waals surface area (Å²) in [6, 6.07) is 7.52. The molecular weight excluding hydrogens is 308 g/mol. The summed E-state index contributed by atoms with van der Waals surface area (Å²) >= 11 is 0. The van der Waals surface area contributed by atoms with Gasteiger partial charge in [0.15, 0.2) is 0 Å². The third kappa shape index (κ3) is 2.95. The molecule has 124 valence electrons. The number of likely N-dealkylation sites (tertiary alicyclic amines) is 1. The standard InChI is InChI=1S/C17H18N4O3/c22-11-13-8-21(9-14-2-1-7-23-14)10-15(13)17-19-16(20-24-17)12-3-5-18-6-4-12/h1-7,13,15,22H,8-11H2/t13-,15+/m0/s1. The summed E-state index contributed by atoms with van der Waals surface area (Å²) in [5.41, 5.74) is 0.867. The van der Waals surface area contributed by atoms with Gasteiger partial charge in [0.2, 0.25) is 11.7 Å². The lowest BCUT2D eigenvalue weighted by Gasteiger charge is -2.12. The van der Waals surface area contributed by atoms with Gasteiger partial charge in [-0.15, -0.1) is 0 Å². The van der Waals surface area contributed by atoms with Crippen LogP contribution in [0.5, 0.6) is 0 Å². The average Bonchev–Trinajstić information content (AvgIpc) is 3.36. The van der Waals surface area contributed by atoms with E-state index in [4.69, 9.17) is 8.94 Å². The molecule has 0 saturated carbocycles. The number of hydrogen-bond donors (Lipinski definition) is 1. The number of nitrogens with zero attached hydrogens (tertiary/aromatic N) is 4. The smallest absolute Gasteiger partial charge is 0.231 e. The summed E-state index contributed by atoms with van der Waals surface area (Å²) in [6.07, 6.45) is 5.07. The first kappa shape index (κ1) is 15.0. The molecule has 0 aromatic carbocycles. The van der Waals surface area contributed by atoms with Gasteiger partial charge in [-0.05, 0) is 24.3 Å². The summed E-state index contributed by atoms with van der Waals surface area (Å²) in [7, 11) is 0. The molecule has 3 aromatic heterocycles. The highest BCUT2D eigenvalue weighted by molar-refractivity contribution is 5.52. The molecule has 0 spiro atoms. The summed E-state index contributed by atoms with van der Waals surface area (Å²) < 4.78 is 10.9. The molecular formula is C17H18N4O3. The topological polar surface area (TPSA) is 88.4 Å². The van der Waals surface area contributed by atoms with Gasteiger partial charge in [0, 0.05) is 43.6 Å². The Morgan fingerprint density at radius 2 is 2.08 bits per heavy atom. The fourth-order valence-electron chi connectivity index (χ4n) is 3.18. The zero-order chi connectivity index (χ0) is 16.4. The Hall–Kier alpha value is -2.51. The molecule has 1 N–H and O–H groups in total. The van der Waals surface area contributed by atoms with Crippen molar-refractivity contribution in [1.82, 2.24) is 20.0 Å². The summed E-state index contributed by atoms with van der Waals surface area (Å²) in [5.74, 6) is 2.13. The lowest BCUT2D eigenvalue weighted by molar-refractivity contribution is 0.203. The second-order valence-corrected chi connectivity index (χ2v) is 6.01. The molecule has 7 heteroatoms. The molecule has 4 rings (SSSR count). The van der Waals surface area contributed by atoms with Crippen molar-refractivity contribution in [1.29, 1.82) is 0 Å². The van der Waals surface area contributed by atoms with E-state index in [1.54, 1.807) is 18.7 Å².